The Balaban J connectivity index is 1.23. The van der Waals surface area contributed by atoms with E-state index in [0.717, 1.165) is 16.7 Å². The lowest BCUT2D eigenvalue weighted by atomic mass is 9.80. The number of H-pyrrole nitrogens is 2. The van der Waals surface area contributed by atoms with Crippen LogP contribution in [-0.2, 0) is 38.5 Å². The summed E-state index contributed by atoms with van der Waals surface area (Å²) in [6.45, 7) is 11.1. The average Bonchev–Trinajstić information content (AvgIpc) is 3.98. The van der Waals surface area contributed by atoms with Crippen LogP contribution in [0.3, 0.4) is 0 Å². The van der Waals surface area contributed by atoms with E-state index in [1.165, 1.54) is 33.7 Å². The minimum absolute atomic E-state index is 0.0307. The van der Waals surface area contributed by atoms with Gasteiger partial charge in [0.1, 0.15) is 35.7 Å². The van der Waals surface area contributed by atoms with Gasteiger partial charge < -0.3 is 32.7 Å². The predicted molar refractivity (Wildman–Crippen MR) is 274 cm³/mol. The molecule has 1 unspecified atom stereocenters. The molecule has 21 heteroatoms. The van der Waals surface area contributed by atoms with E-state index in [1.54, 1.807) is 28.1 Å². The maximum Gasteiger partial charge on any atom is 0.330 e. The van der Waals surface area contributed by atoms with Crippen molar-refractivity contribution in [3.63, 3.8) is 0 Å². The first-order chi connectivity index (χ1) is 35.5. The molecule has 2 aliphatic heterocycles. The van der Waals surface area contributed by atoms with Crippen molar-refractivity contribution in [3.05, 3.63) is 161 Å². The second-order valence-corrected chi connectivity index (χ2v) is 20.2. The third-order valence-corrected chi connectivity index (χ3v) is 15.4. The van der Waals surface area contributed by atoms with Gasteiger partial charge in [0.25, 0.3) is 19.6 Å². The summed E-state index contributed by atoms with van der Waals surface area (Å²) in [5, 5.41) is 10.6. The molecule has 74 heavy (non-hydrogen) atoms. The van der Waals surface area contributed by atoms with Crippen LogP contribution in [0.15, 0.2) is 110 Å². The van der Waals surface area contributed by atoms with Crippen molar-refractivity contribution in [1.29, 1.82) is 5.26 Å². The first-order valence-corrected chi connectivity index (χ1v) is 25.7. The van der Waals surface area contributed by atoms with Gasteiger partial charge >= 0.3 is 11.4 Å². The Bertz CT molecular complexity index is 2900. The van der Waals surface area contributed by atoms with E-state index < -0.39 is 79.2 Å². The van der Waals surface area contributed by atoms with Crippen LogP contribution in [0.2, 0.25) is 0 Å². The summed E-state index contributed by atoms with van der Waals surface area (Å²) in [5.41, 5.74) is -0.748. The molecule has 0 radical (unpaired) electrons. The van der Waals surface area contributed by atoms with Crippen LogP contribution < -0.4 is 32.0 Å². The van der Waals surface area contributed by atoms with Crippen molar-refractivity contribution in [1.82, 2.24) is 28.8 Å². The molecule has 1 amide bonds. The van der Waals surface area contributed by atoms with E-state index >= 15 is 0 Å². The van der Waals surface area contributed by atoms with Gasteiger partial charge in [-0.3, -0.25) is 38.3 Å². The molecule has 7 rings (SSSR count). The molecular weight excluding hydrogens is 974 g/mol. The topological polar surface area (TPSA) is 231 Å². The van der Waals surface area contributed by atoms with Crippen molar-refractivity contribution in [2.24, 2.45) is 5.92 Å². The number of aromatic nitrogens is 4. The van der Waals surface area contributed by atoms with Crippen molar-refractivity contribution >= 4 is 14.4 Å². The Morgan fingerprint density at radius 1 is 0.770 bits per heavy atom. The van der Waals surface area contributed by atoms with Crippen LogP contribution in [0.25, 0.3) is 0 Å². The van der Waals surface area contributed by atoms with E-state index in [-0.39, 0.29) is 57.5 Å². The lowest BCUT2D eigenvalue weighted by molar-refractivity contribution is -0.188. The van der Waals surface area contributed by atoms with Gasteiger partial charge in [-0.15, -0.1) is 0 Å². The van der Waals surface area contributed by atoms with Gasteiger partial charge in [0.15, 0.2) is 0 Å². The number of rotatable bonds is 23. The fraction of sp³-hybridized carbons (Fsp3) is 0.472. The number of ether oxygens (including phenoxy) is 5. The van der Waals surface area contributed by atoms with Crippen LogP contribution in [-0.4, -0.2) is 106 Å². The SMILES string of the molecule is COc1ccc(C(OC[C@H]2O[C@@H](n3cc(C)c(=O)[nH]c3=O)C[C@@H]2CC(=O)N(C[C@H]2O[C@@H](n3cc(C)c(=O)[nH]c3=O)C[C@@H]2OP(OCCC#N)N(C(C)C)C(C)C)OC)(c2ccccc2)c2ccc(OC)cc2)cc1. The maximum atomic E-state index is 14.9. The molecule has 0 spiro atoms. The van der Waals surface area contributed by atoms with Crippen molar-refractivity contribution < 1.29 is 42.4 Å². The summed E-state index contributed by atoms with van der Waals surface area (Å²) in [5.74, 6) is 0.233. The van der Waals surface area contributed by atoms with E-state index in [9.17, 15) is 29.2 Å². The standard InChI is InChI=1S/C53H66N7O13P/c1-33(2)60(34(3)4)74(70-25-13-24-54)73-43-28-48(58-30-36(6)50(63)56-52(58)65)71-44(43)31-59(68-9)46(61)26-37-27-47(57-29-35(5)49(62)55-51(57)64)72-45(37)32-69-53(38-14-11-10-12-15-38,39-16-20-41(66-7)21-17-39)40-18-22-42(67-8)23-19-40/h10-12,14-23,29-30,33-34,37,43-45,47-48H,13,25-28,31-32H2,1-9H3,(H,55,62,64)(H,56,63,65)/t37-,43-,44+,45+,47+,48+,74?/m0/s1. The number of nitrogens with zero attached hydrogens (tertiary/aromatic N) is 5. The number of hydrogen-bond donors (Lipinski definition) is 2. The highest BCUT2D eigenvalue weighted by Crippen LogP contribution is 2.50. The molecule has 2 aliphatic rings. The minimum Gasteiger partial charge on any atom is -0.497 e. The summed E-state index contributed by atoms with van der Waals surface area (Å²) in [6, 6.07) is 26.9. The zero-order chi connectivity index (χ0) is 53.3. The second kappa shape index (κ2) is 24.8. The van der Waals surface area contributed by atoms with E-state index in [4.69, 9.17) is 37.6 Å². The lowest BCUT2D eigenvalue weighted by Crippen LogP contribution is -2.43. The Kier molecular flexibility index (Phi) is 18.6. The quantitative estimate of drug-likeness (QED) is 0.0314. The number of amides is 1. The molecule has 0 saturated carbocycles. The highest BCUT2D eigenvalue weighted by Gasteiger charge is 2.46. The number of aryl methyl sites for hydroxylation is 2. The Hall–Kier alpha value is -6.27. The molecule has 7 atom stereocenters. The number of hydroxylamine groups is 2. The minimum atomic E-state index is -1.81. The lowest BCUT2D eigenvalue weighted by Gasteiger charge is -2.38. The molecule has 20 nitrogen and oxygen atoms in total. The molecule has 5 aromatic rings. The highest BCUT2D eigenvalue weighted by molar-refractivity contribution is 7.44. The summed E-state index contributed by atoms with van der Waals surface area (Å²) >= 11 is 0. The second-order valence-electron chi connectivity index (χ2n) is 18.8. The Labute approximate surface area is 430 Å². The fourth-order valence-corrected chi connectivity index (χ4v) is 11.3. The number of nitriles is 1. The monoisotopic (exact) mass is 1040 g/mol. The van der Waals surface area contributed by atoms with Crippen molar-refractivity contribution in [3.8, 4) is 17.6 Å². The Morgan fingerprint density at radius 2 is 1.28 bits per heavy atom. The van der Waals surface area contributed by atoms with Gasteiger partial charge in [-0.2, -0.15) is 5.26 Å². The van der Waals surface area contributed by atoms with Crippen molar-refractivity contribution in [2.45, 2.75) is 116 Å². The van der Waals surface area contributed by atoms with Crippen LogP contribution in [0.1, 0.15) is 93.7 Å². The molecule has 2 saturated heterocycles. The number of benzene rings is 3. The highest BCUT2D eigenvalue weighted by atomic mass is 31.2. The number of aromatic amines is 2. The van der Waals surface area contributed by atoms with E-state index in [1.807, 2.05) is 107 Å². The summed E-state index contributed by atoms with van der Waals surface area (Å²) in [7, 11) is 2.74. The van der Waals surface area contributed by atoms with Gasteiger partial charge in [-0.25, -0.2) is 19.3 Å². The molecule has 2 fully saturated rings. The number of carbonyl (C=O) groups is 1. The van der Waals surface area contributed by atoms with Crippen LogP contribution in [0.5, 0.6) is 11.5 Å². The Morgan fingerprint density at radius 3 is 1.78 bits per heavy atom. The largest absolute Gasteiger partial charge is 0.497 e. The molecule has 2 aromatic heterocycles. The summed E-state index contributed by atoms with van der Waals surface area (Å²) < 4.78 is 49.4. The van der Waals surface area contributed by atoms with Crippen LogP contribution in [0.4, 0.5) is 0 Å². The van der Waals surface area contributed by atoms with Gasteiger partial charge in [0.2, 0.25) is 5.91 Å². The molecule has 3 aromatic carbocycles. The first kappa shape index (κ1) is 55.5. The van der Waals surface area contributed by atoms with Crippen molar-refractivity contribution in [2.75, 3.05) is 41.1 Å². The number of carbonyl (C=O) groups excluding carboxylic acids is 1. The first-order valence-electron chi connectivity index (χ1n) is 24.5. The molecule has 4 heterocycles. The zero-order valence-corrected chi connectivity index (χ0v) is 44.1. The third kappa shape index (κ3) is 12.5. The molecule has 2 N–H and O–H groups in total. The number of hydrogen-bond acceptors (Lipinski definition) is 15. The molecule has 0 bridgehead atoms. The molecular formula is C53H66N7O13P. The summed E-state index contributed by atoms with van der Waals surface area (Å²) in [6.07, 6.45) is -1.19. The number of methoxy groups -OCH3 is 2. The predicted octanol–water partition coefficient (Wildman–Crippen LogP) is 6.36. The van der Waals surface area contributed by atoms with Crippen LogP contribution >= 0.6 is 8.53 Å². The van der Waals surface area contributed by atoms with Gasteiger partial charge in [0, 0.05) is 54.4 Å². The van der Waals surface area contributed by atoms with E-state index in [0.29, 0.717) is 22.6 Å². The zero-order valence-electron chi connectivity index (χ0n) is 43.2. The molecule has 0 aliphatic carbocycles. The fourth-order valence-electron chi connectivity index (χ4n) is 9.55. The normalized spacial score (nSPS) is 20.3. The van der Waals surface area contributed by atoms with E-state index in [2.05, 4.69) is 20.7 Å². The summed E-state index contributed by atoms with van der Waals surface area (Å²) in [4.78, 5) is 77.0. The average molecular weight is 1040 g/mol. The van der Waals surface area contributed by atoms with Crippen LogP contribution in [0, 0.1) is 31.1 Å². The number of nitrogens with one attached hydrogen (secondary N) is 2. The van der Waals surface area contributed by atoms with Gasteiger partial charge in [-0.05, 0) is 88.9 Å². The third-order valence-electron chi connectivity index (χ3n) is 13.3. The van der Waals surface area contributed by atoms with Gasteiger partial charge in [0.05, 0.1) is 65.8 Å². The smallest absolute Gasteiger partial charge is 0.330 e. The molecule has 396 valence electrons. The van der Waals surface area contributed by atoms with Gasteiger partial charge in [-0.1, -0.05) is 54.6 Å². The maximum absolute atomic E-state index is 14.9.